The first kappa shape index (κ1) is 49.7. The molecule has 2 heterocycles. The lowest BCUT2D eigenvalue weighted by molar-refractivity contribution is -0.141. The summed E-state index contributed by atoms with van der Waals surface area (Å²) in [6.45, 7) is 0. The van der Waals surface area contributed by atoms with Crippen molar-refractivity contribution in [1.82, 2.24) is 9.13 Å². The van der Waals surface area contributed by atoms with E-state index in [0.29, 0.717) is 84.1 Å². The summed E-state index contributed by atoms with van der Waals surface area (Å²) < 4.78 is 96.3. The molecule has 0 amide bonds. The Morgan fingerprint density at radius 2 is 0.575 bits per heavy atom. The van der Waals surface area contributed by atoms with Crippen LogP contribution < -0.4 is 0 Å². The summed E-state index contributed by atoms with van der Waals surface area (Å²) in [5.41, 5.74) is 5.60. The molecule has 0 saturated carbocycles. The minimum Gasteiger partial charge on any atom is -0.308 e. The van der Waals surface area contributed by atoms with Gasteiger partial charge < -0.3 is 9.13 Å². The highest BCUT2D eigenvalue weighted by molar-refractivity contribution is 6.14. The molecule has 13 heteroatoms. The van der Waals surface area contributed by atoms with Crippen LogP contribution in [0.3, 0.4) is 0 Å². The molecule has 0 aliphatic heterocycles. The van der Waals surface area contributed by atoms with Gasteiger partial charge in [0.05, 0.1) is 103 Å². The van der Waals surface area contributed by atoms with Crippen molar-refractivity contribution in [1.29, 1.82) is 26.3 Å². The second-order valence-electron chi connectivity index (χ2n) is 19.1. The lowest BCUT2D eigenvalue weighted by atomic mass is 9.92. The second-order valence-corrected chi connectivity index (χ2v) is 19.1. The summed E-state index contributed by atoms with van der Waals surface area (Å²) in [6, 6.07) is 64.6. The summed E-state index contributed by atoms with van der Waals surface area (Å²) >= 11 is 0. The third-order valence-corrected chi connectivity index (χ3v) is 14.5. The van der Waals surface area contributed by atoms with Gasteiger partial charge in [0.25, 0.3) is 0 Å². The van der Waals surface area contributed by atoms with E-state index in [1.54, 1.807) is 130 Å². The Kier molecular flexibility index (Phi) is 11.9. The number of hydrogen-bond acceptors (Lipinski definition) is 5. The summed E-state index contributed by atoms with van der Waals surface area (Å²) in [5.74, 6) is 0. The predicted molar refractivity (Wildman–Crippen MR) is 296 cm³/mol. The van der Waals surface area contributed by atoms with Gasteiger partial charge in [0.15, 0.2) is 0 Å². The molecule has 0 saturated heterocycles. The quantitative estimate of drug-likeness (QED) is 0.147. The van der Waals surface area contributed by atoms with Gasteiger partial charge in [0, 0.05) is 27.1 Å². The van der Waals surface area contributed by atoms with E-state index in [1.165, 1.54) is 12.1 Å². The van der Waals surface area contributed by atoms with Crippen LogP contribution in [-0.2, 0) is 12.4 Å². The van der Waals surface area contributed by atoms with Crippen molar-refractivity contribution in [3.8, 4) is 97.4 Å². The van der Waals surface area contributed by atoms with E-state index in [2.05, 4.69) is 30.3 Å². The maximum Gasteiger partial charge on any atom is 0.417 e. The Morgan fingerprint density at radius 3 is 0.838 bits per heavy atom. The average Bonchev–Trinajstić information content (AvgIpc) is 3.40. The predicted octanol–water partition coefficient (Wildman–Crippen LogP) is 17.6. The van der Waals surface area contributed by atoms with Crippen molar-refractivity contribution in [2.75, 3.05) is 0 Å². The smallest absolute Gasteiger partial charge is 0.308 e. The molecule has 0 spiro atoms. The maximum absolute atomic E-state index is 15.9. The summed E-state index contributed by atoms with van der Waals surface area (Å²) in [6.07, 6.45) is -10.3. The van der Waals surface area contributed by atoms with E-state index in [9.17, 15) is 26.3 Å². The Morgan fingerprint density at radius 1 is 0.287 bits per heavy atom. The van der Waals surface area contributed by atoms with Gasteiger partial charge in [-0.15, -0.1) is 0 Å². The number of rotatable bonds is 7. The van der Waals surface area contributed by atoms with Crippen LogP contribution in [0.1, 0.15) is 38.9 Å². The number of aromatic nitrogens is 2. The third kappa shape index (κ3) is 8.57. The molecule has 2 aromatic heterocycles. The van der Waals surface area contributed by atoms with Gasteiger partial charge in [0.1, 0.15) is 0 Å². The van der Waals surface area contributed by atoms with Crippen molar-refractivity contribution < 1.29 is 26.3 Å². The van der Waals surface area contributed by atoms with E-state index >= 15 is 26.3 Å². The van der Waals surface area contributed by atoms with Crippen molar-refractivity contribution in [2.24, 2.45) is 0 Å². The Labute approximate surface area is 452 Å². The van der Waals surface area contributed by atoms with Crippen LogP contribution in [0.4, 0.5) is 26.3 Å². The topological polar surface area (TPSA) is 129 Å². The van der Waals surface area contributed by atoms with Crippen LogP contribution >= 0.6 is 0 Å². The fourth-order valence-corrected chi connectivity index (χ4v) is 10.7. The average molecular weight is 1050 g/mol. The Balaban J connectivity index is 1.23. The molecule has 0 aliphatic rings. The molecule has 0 radical (unpaired) electrons. The van der Waals surface area contributed by atoms with Crippen LogP contribution in [0.5, 0.6) is 0 Å². The fraction of sp³-hybridized carbons (Fsp3) is 0.0299. The van der Waals surface area contributed by atoms with Crippen molar-refractivity contribution >= 4 is 43.6 Å². The molecule has 10 aromatic carbocycles. The molecule has 12 aromatic rings. The van der Waals surface area contributed by atoms with E-state index < -0.39 is 29.0 Å². The molecule has 0 atom stereocenters. The van der Waals surface area contributed by atoms with Crippen LogP contribution in [0.25, 0.3) is 111 Å². The Hall–Kier alpha value is -11.2. The lowest BCUT2D eigenvalue weighted by Gasteiger charge is -2.24. The number of fused-ring (bicyclic) bond motifs is 6. The number of nitrogens with zero attached hydrogens (tertiary/aromatic N) is 7. The minimum atomic E-state index is -5.19. The first-order valence-electron chi connectivity index (χ1n) is 24.7. The maximum atomic E-state index is 15.9. The van der Waals surface area contributed by atoms with Gasteiger partial charge in [-0.2, -0.15) is 52.7 Å². The molecular weight excluding hydrogens is 1020 g/mol. The first-order valence-corrected chi connectivity index (χ1v) is 24.7. The molecule has 0 unspecified atom stereocenters. The van der Waals surface area contributed by atoms with E-state index in [-0.39, 0.29) is 22.5 Å². The number of alkyl halides is 6. The van der Waals surface area contributed by atoms with Gasteiger partial charge in [-0.25, -0.2) is 0 Å². The highest BCUT2D eigenvalue weighted by Gasteiger charge is 2.39. The number of hydrogen-bond donors (Lipinski definition) is 0. The second kappa shape index (κ2) is 19.1. The zero-order valence-corrected chi connectivity index (χ0v) is 41.5. The summed E-state index contributed by atoms with van der Waals surface area (Å²) in [5, 5.41) is 51.8. The molecular formula is C67H33F6N7. The fourth-order valence-electron chi connectivity index (χ4n) is 10.7. The standard InChI is InChI=1S/C67H33F6N7/c68-66(69,70)52-21-22-58(67(71,72)73)57(33-52)65-63(79-59-23-17-48(44-9-1-39(34-74)2-10-44)29-53(59)54-30-49(18-24-60(54)79)45-11-3-40(35-75)4-12-45)27-43(38-78)28-64(65)80-61-25-19-50(46-13-5-41(36-76)6-14-46)31-55(61)56-32-51(20-26-62(56)80)47-15-7-42(37-77)8-16-47/h1-33H. The van der Waals surface area contributed by atoms with Gasteiger partial charge in [-0.3, -0.25) is 0 Å². The lowest BCUT2D eigenvalue weighted by Crippen LogP contribution is -2.13. The SMILES string of the molecule is N#Cc1ccc(-c2ccc3c(c2)c2cc(-c4ccc(C#N)cc4)ccc2n3-c2cc(C#N)cc(-n3c4ccc(-c5ccc(C#N)cc5)cc4c4cc(-c5ccc(C#N)cc5)ccc43)c2-c2cc(C(F)(F)F)ccc2C(F)(F)F)cc1. The molecule has 0 fully saturated rings. The van der Waals surface area contributed by atoms with E-state index in [4.69, 9.17) is 0 Å². The van der Waals surface area contributed by atoms with E-state index in [0.717, 1.165) is 44.5 Å². The molecule has 80 heavy (non-hydrogen) atoms. The first-order chi connectivity index (χ1) is 38.7. The van der Waals surface area contributed by atoms with Crippen molar-refractivity contribution in [2.45, 2.75) is 12.4 Å². The van der Waals surface area contributed by atoms with E-state index in [1.807, 2.05) is 48.5 Å². The van der Waals surface area contributed by atoms with Crippen LogP contribution in [0.15, 0.2) is 200 Å². The van der Waals surface area contributed by atoms with Crippen LogP contribution in [0, 0.1) is 56.7 Å². The number of nitriles is 5. The van der Waals surface area contributed by atoms with Crippen molar-refractivity contribution in [3.05, 3.63) is 239 Å². The minimum absolute atomic E-state index is 0.0175. The molecule has 0 aliphatic carbocycles. The monoisotopic (exact) mass is 1050 g/mol. The number of halogens is 6. The molecule has 0 N–H and O–H groups in total. The number of benzene rings is 10. The Bertz CT molecular complexity index is 4270. The summed E-state index contributed by atoms with van der Waals surface area (Å²) in [7, 11) is 0. The van der Waals surface area contributed by atoms with Gasteiger partial charge >= 0.3 is 12.4 Å². The van der Waals surface area contributed by atoms with Gasteiger partial charge in [0.2, 0.25) is 0 Å². The highest BCUT2D eigenvalue weighted by atomic mass is 19.4. The molecule has 12 rings (SSSR count). The third-order valence-electron chi connectivity index (χ3n) is 14.5. The molecule has 378 valence electrons. The largest absolute Gasteiger partial charge is 0.417 e. The van der Waals surface area contributed by atoms with Gasteiger partial charge in [-0.05, 0) is 177 Å². The molecule has 7 nitrogen and oxygen atoms in total. The summed E-state index contributed by atoms with van der Waals surface area (Å²) in [4.78, 5) is 0. The zero-order chi connectivity index (χ0) is 55.6. The molecule has 0 bridgehead atoms. The van der Waals surface area contributed by atoms with Crippen molar-refractivity contribution in [3.63, 3.8) is 0 Å². The van der Waals surface area contributed by atoms with Crippen LogP contribution in [-0.4, -0.2) is 9.13 Å². The van der Waals surface area contributed by atoms with Crippen LogP contribution in [0.2, 0.25) is 0 Å². The highest BCUT2D eigenvalue weighted by Crippen LogP contribution is 2.49. The van der Waals surface area contributed by atoms with Gasteiger partial charge in [-0.1, -0.05) is 72.8 Å². The normalized spacial score (nSPS) is 11.6. The zero-order valence-electron chi connectivity index (χ0n) is 41.5.